The number of halogens is 1. The van der Waals surface area contributed by atoms with Gasteiger partial charge in [0.2, 0.25) is 5.91 Å². The van der Waals surface area contributed by atoms with E-state index in [-0.39, 0.29) is 11.7 Å². The number of aromatic nitrogens is 1. The second-order valence-corrected chi connectivity index (χ2v) is 6.91. The molecule has 2 aromatic rings. The molecule has 0 atom stereocenters. The zero-order valence-corrected chi connectivity index (χ0v) is 14.2. The van der Waals surface area contributed by atoms with Crippen LogP contribution in [0.1, 0.15) is 24.8 Å². The van der Waals surface area contributed by atoms with Crippen molar-refractivity contribution in [2.75, 3.05) is 31.1 Å². The second kappa shape index (κ2) is 6.47. The Morgan fingerprint density at radius 1 is 1.00 bits per heavy atom. The summed E-state index contributed by atoms with van der Waals surface area (Å²) in [7, 11) is 0. The average molecular weight is 339 g/mol. The van der Waals surface area contributed by atoms with Gasteiger partial charge in [-0.3, -0.25) is 4.79 Å². The predicted octanol–water partition coefficient (Wildman–Crippen LogP) is 2.99. The summed E-state index contributed by atoms with van der Waals surface area (Å²) in [5.74, 6) is 0.909. The lowest BCUT2D eigenvalue weighted by molar-refractivity contribution is -0.141. The van der Waals surface area contributed by atoms with Gasteiger partial charge in [-0.05, 0) is 42.7 Å². The zero-order chi connectivity index (χ0) is 17.3. The molecule has 0 radical (unpaired) electrons. The molecular formula is C20H22FN3O. The van der Waals surface area contributed by atoms with Crippen LogP contribution >= 0.6 is 0 Å². The number of carbonyl (C=O) groups is 1. The molecule has 5 heteroatoms. The Morgan fingerprint density at radius 3 is 2.28 bits per heavy atom. The lowest BCUT2D eigenvalue weighted by Crippen LogP contribution is -2.56. The highest BCUT2D eigenvalue weighted by atomic mass is 19.1. The minimum Gasteiger partial charge on any atom is -0.353 e. The van der Waals surface area contributed by atoms with Crippen molar-refractivity contribution in [2.24, 2.45) is 0 Å². The van der Waals surface area contributed by atoms with E-state index in [1.165, 1.54) is 12.1 Å². The van der Waals surface area contributed by atoms with Crippen LogP contribution in [0.4, 0.5) is 10.2 Å². The largest absolute Gasteiger partial charge is 0.353 e. The molecule has 0 bridgehead atoms. The van der Waals surface area contributed by atoms with Gasteiger partial charge >= 0.3 is 0 Å². The molecule has 1 amide bonds. The second-order valence-electron chi connectivity index (χ2n) is 6.91. The molecule has 1 saturated carbocycles. The Kier molecular flexibility index (Phi) is 4.15. The monoisotopic (exact) mass is 339 g/mol. The van der Waals surface area contributed by atoms with E-state index in [9.17, 15) is 9.18 Å². The molecule has 1 aromatic carbocycles. The first-order valence-electron chi connectivity index (χ1n) is 8.90. The number of piperazine rings is 1. The topological polar surface area (TPSA) is 36.4 Å². The molecule has 1 aliphatic heterocycles. The molecule has 0 unspecified atom stereocenters. The van der Waals surface area contributed by atoms with E-state index in [0.29, 0.717) is 13.1 Å². The van der Waals surface area contributed by atoms with Crippen LogP contribution in [0.15, 0.2) is 48.7 Å². The van der Waals surface area contributed by atoms with Crippen LogP contribution in [0.25, 0.3) is 0 Å². The molecule has 4 nitrogen and oxygen atoms in total. The van der Waals surface area contributed by atoms with E-state index in [1.807, 2.05) is 23.1 Å². The van der Waals surface area contributed by atoms with Crippen molar-refractivity contribution in [3.8, 4) is 0 Å². The Morgan fingerprint density at radius 2 is 1.72 bits per heavy atom. The number of anilines is 1. The molecule has 130 valence electrons. The first kappa shape index (κ1) is 16.1. The Hall–Kier alpha value is -2.43. The number of hydrogen-bond donors (Lipinski definition) is 0. The van der Waals surface area contributed by atoms with Gasteiger partial charge in [-0.15, -0.1) is 0 Å². The molecule has 1 aliphatic carbocycles. The van der Waals surface area contributed by atoms with Crippen LogP contribution in [-0.2, 0) is 10.2 Å². The van der Waals surface area contributed by atoms with Crippen LogP contribution in [0.2, 0.25) is 0 Å². The fourth-order valence-electron chi connectivity index (χ4n) is 3.91. The van der Waals surface area contributed by atoms with Gasteiger partial charge in [0.1, 0.15) is 11.6 Å². The molecule has 4 rings (SSSR count). The van der Waals surface area contributed by atoms with E-state index in [1.54, 1.807) is 18.3 Å². The zero-order valence-electron chi connectivity index (χ0n) is 14.2. The van der Waals surface area contributed by atoms with Gasteiger partial charge < -0.3 is 9.80 Å². The van der Waals surface area contributed by atoms with Crippen LogP contribution in [-0.4, -0.2) is 42.0 Å². The summed E-state index contributed by atoms with van der Waals surface area (Å²) in [6.45, 7) is 3.00. The first-order valence-corrected chi connectivity index (χ1v) is 8.90. The molecular weight excluding hydrogens is 317 g/mol. The van der Waals surface area contributed by atoms with Gasteiger partial charge in [0.05, 0.1) is 5.41 Å². The average Bonchev–Trinajstić information content (AvgIpc) is 2.63. The minimum atomic E-state index is -0.444. The summed E-state index contributed by atoms with van der Waals surface area (Å²) in [5, 5.41) is 0. The molecule has 1 aromatic heterocycles. The minimum absolute atomic E-state index is 0.200. The molecule has 2 aliphatic rings. The van der Waals surface area contributed by atoms with E-state index in [4.69, 9.17) is 0 Å². The lowest BCUT2D eigenvalue weighted by Gasteiger charge is -2.46. The third-order valence-corrected chi connectivity index (χ3v) is 5.55. The highest BCUT2D eigenvalue weighted by Gasteiger charge is 2.47. The lowest BCUT2D eigenvalue weighted by atomic mass is 9.63. The van der Waals surface area contributed by atoms with Gasteiger partial charge in [0.25, 0.3) is 0 Å². The van der Waals surface area contributed by atoms with Crippen molar-refractivity contribution >= 4 is 11.7 Å². The quantitative estimate of drug-likeness (QED) is 0.863. The summed E-state index contributed by atoms with van der Waals surface area (Å²) >= 11 is 0. The highest BCUT2D eigenvalue weighted by molar-refractivity contribution is 5.89. The number of amides is 1. The van der Waals surface area contributed by atoms with Gasteiger partial charge in [0.15, 0.2) is 0 Å². The van der Waals surface area contributed by atoms with Crippen LogP contribution in [0, 0.1) is 5.82 Å². The molecule has 0 spiro atoms. The van der Waals surface area contributed by atoms with Crippen molar-refractivity contribution in [1.82, 2.24) is 9.88 Å². The summed E-state index contributed by atoms with van der Waals surface area (Å²) in [4.78, 5) is 21.8. The normalized spacial score (nSPS) is 19.4. The highest BCUT2D eigenvalue weighted by Crippen LogP contribution is 2.45. The number of hydrogen-bond acceptors (Lipinski definition) is 3. The first-order chi connectivity index (χ1) is 12.2. The molecule has 1 saturated heterocycles. The Labute approximate surface area is 147 Å². The maximum atomic E-state index is 13.3. The standard InChI is InChI=1S/C20H22FN3O/c21-17-7-5-16(6-8-17)20(9-3-10-20)19(25)24-14-12-23(13-15-24)18-4-1-2-11-22-18/h1-2,4-8,11H,3,9-10,12-15H2. The Balaban J connectivity index is 1.47. The van der Waals surface area contributed by atoms with E-state index < -0.39 is 5.41 Å². The van der Waals surface area contributed by atoms with Gasteiger partial charge in [-0.25, -0.2) is 9.37 Å². The Bertz CT molecular complexity index is 735. The maximum Gasteiger partial charge on any atom is 0.233 e. The summed E-state index contributed by atoms with van der Waals surface area (Å²) in [6, 6.07) is 12.4. The van der Waals surface area contributed by atoms with E-state index in [0.717, 1.165) is 43.7 Å². The van der Waals surface area contributed by atoms with Crippen molar-refractivity contribution in [2.45, 2.75) is 24.7 Å². The van der Waals surface area contributed by atoms with Crippen LogP contribution in [0.3, 0.4) is 0 Å². The van der Waals surface area contributed by atoms with Crippen LogP contribution < -0.4 is 4.90 Å². The SMILES string of the molecule is O=C(N1CCN(c2ccccn2)CC1)C1(c2ccc(F)cc2)CCC1. The van der Waals surface area contributed by atoms with Crippen molar-refractivity contribution in [3.63, 3.8) is 0 Å². The molecule has 25 heavy (non-hydrogen) atoms. The van der Waals surface area contributed by atoms with Gasteiger partial charge in [0, 0.05) is 32.4 Å². The number of benzene rings is 1. The van der Waals surface area contributed by atoms with E-state index >= 15 is 0 Å². The maximum absolute atomic E-state index is 13.3. The van der Waals surface area contributed by atoms with Gasteiger partial charge in [-0.1, -0.05) is 24.6 Å². The number of pyridine rings is 1. The summed E-state index contributed by atoms with van der Waals surface area (Å²) in [5.41, 5.74) is 0.512. The number of nitrogens with zero attached hydrogens (tertiary/aromatic N) is 3. The summed E-state index contributed by atoms with van der Waals surface area (Å²) < 4.78 is 13.3. The molecule has 0 N–H and O–H groups in total. The van der Waals surface area contributed by atoms with Crippen molar-refractivity contribution in [3.05, 3.63) is 60.0 Å². The fraction of sp³-hybridized carbons (Fsp3) is 0.400. The third-order valence-electron chi connectivity index (χ3n) is 5.55. The smallest absolute Gasteiger partial charge is 0.233 e. The van der Waals surface area contributed by atoms with Crippen molar-refractivity contribution in [1.29, 1.82) is 0 Å². The third kappa shape index (κ3) is 2.88. The number of rotatable bonds is 3. The molecule has 2 fully saturated rings. The predicted molar refractivity (Wildman–Crippen MR) is 95.0 cm³/mol. The van der Waals surface area contributed by atoms with Gasteiger partial charge in [-0.2, -0.15) is 0 Å². The summed E-state index contributed by atoms with van der Waals surface area (Å²) in [6.07, 6.45) is 4.57. The number of carbonyl (C=O) groups excluding carboxylic acids is 1. The van der Waals surface area contributed by atoms with Crippen molar-refractivity contribution < 1.29 is 9.18 Å². The van der Waals surface area contributed by atoms with E-state index in [2.05, 4.69) is 9.88 Å². The van der Waals surface area contributed by atoms with Crippen LogP contribution in [0.5, 0.6) is 0 Å². The molecule has 2 heterocycles. The fourth-order valence-corrected chi connectivity index (χ4v) is 3.91.